The number of ether oxygens (including phenoxy) is 1. The van der Waals surface area contributed by atoms with Crippen LogP contribution in [0.5, 0.6) is 0 Å². The topological polar surface area (TPSA) is 426 Å². The van der Waals surface area contributed by atoms with Gasteiger partial charge in [0, 0.05) is 27.4 Å². The van der Waals surface area contributed by atoms with Crippen LogP contribution in [0.1, 0.15) is 110 Å². The Morgan fingerprint density at radius 1 is 0.467 bits per heavy atom. The lowest BCUT2D eigenvalue weighted by atomic mass is 10.1. The van der Waals surface area contributed by atoms with Crippen molar-refractivity contribution in [2.24, 2.45) is 0 Å². The van der Waals surface area contributed by atoms with Crippen molar-refractivity contribution in [2.45, 2.75) is 172 Å². The molecule has 5 heterocycles. The van der Waals surface area contributed by atoms with Crippen LogP contribution < -0.4 is 21.3 Å². The van der Waals surface area contributed by atoms with Crippen molar-refractivity contribution in [3.05, 3.63) is 0 Å². The van der Waals surface area contributed by atoms with Gasteiger partial charge in [-0.3, -0.25) is 65.4 Å². The first-order valence-electron chi connectivity index (χ1n) is 27.9. The van der Waals surface area contributed by atoms with E-state index in [1.54, 1.807) is 41.0 Å². The SMILES string of the molecule is C.C#CC.CC#N.CC#N.CC#N.CC1N(CC#N)CN(CC#N)CN1CC#N.CC1NCN(CC#N)C(C(F)(F)F)N1C#N.CC1NCN(CC#N)C(C)N1C#N.CCC1NC(CC)N(CC#N)C(CC)N1C#N.CCOC1NCN(CC#N)CN1CC#N. The Morgan fingerprint density at radius 2 is 0.844 bits per heavy atom. The largest absolute Gasteiger partial charge is 0.423 e. The van der Waals surface area contributed by atoms with Crippen LogP contribution in [-0.2, 0) is 4.74 Å². The predicted molar refractivity (Wildman–Crippen MR) is 323 cm³/mol. The molecule has 5 fully saturated rings. The molecule has 0 bridgehead atoms. The summed E-state index contributed by atoms with van der Waals surface area (Å²) in [5, 5.41) is 130. The van der Waals surface area contributed by atoms with E-state index >= 15 is 0 Å². The molecule has 0 saturated carbocycles. The summed E-state index contributed by atoms with van der Waals surface area (Å²) in [5.74, 6) is 2.25. The first kappa shape index (κ1) is 89.8. The molecule has 8 unspecified atom stereocenters. The van der Waals surface area contributed by atoms with Crippen LogP contribution in [0.25, 0.3) is 0 Å². The molecule has 0 radical (unpaired) electrons. The minimum absolute atomic E-state index is 0. The van der Waals surface area contributed by atoms with Crippen LogP contribution >= 0.6 is 0 Å². The first-order valence-corrected chi connectivity index (χ1v) is 27.9. The van der Waals surface area contributed by atoms with Crippen LogP contribution in [0.2, 0.25) is 0 Å². The van der Waals surface area contributed by atoms with E-state index in [-0.39, 0.29) is 64.0 Å². The highest BCUT2D eigenvalue weighted by atomic mass is 19.4. The highest BCUT2D eigenvalue weighted by Gasteiger charge is 2.51. The Balaban J connectivity index is -0.000000319. The fourth-order valence-electron chi connectivity index (χ4n) is 8.74. The molecule has 8 atom stereocenters. The zero-order valence-corrected chi connectivity index (χ0v) is 53.2. The van der Waals surface area contributed by atoms with Crippen LogP contribution in [0.3, 0.4) is 0 Å². The van der Waals surface area contributed by atoms with Crippen LogP contribution in [0, 0.1) is 171 Å². The maximum atomic E-state index is 12.8. The number of terminal acetylenes is 1. The van der Waals surface area contributed by atoms with Crippen molar-refractivity contribution < 1.29 is 17.9 Å². The van der Waals surface area contributed by atoms with E-state index in [0.29, 0.717) is 90.7 Å². The van der Waals surface area contributed by atoms with Gasteiger partial charge in [0.05, 0.1) is 202 Å². The molecule has 5 aliphatic rings. The average molecular weight is 1250 g/mol. The summed E-state index contributed by atoms with van der Waals surface area (Å²) >= 11 is 0. The van der Waals surface area contributed by atoms with Gasteiger partial charge in [-0.15, -0.1) is 12.3 Å². The number of nitrogens with one attached hydrogen (secondary N) is 4. The van der Waals surface area contributed by atoms with E-state index in [1.165, 1.54) is 33.9 Å². The van der Waals surface area contributed by atoms with Gasteiger partial charge in [-0.05, 0) is 60.8 Å². The summed E-state index contributed by atoms with van der Waals surface area (Å²) in [6.45, 7) is 26.9. The van der Waals surface area contributed by atoms with Gasteiger partial charge >= 0.3 is 6.18 Å². The lowest BCUT2D eigenvalue weighted by Crippen LogP contribution is -2.68. The zero-order valence-electron chi connectivity index (χ0n) is 53.2. The molecule has 4 N–H and O–H groups in total. The molecular formula is C57H90F3N29O. The number of alkyl halides is 3. The van der Waals surface area contributed by atoms with Gasteiger partial charge in [0.1, 0.15) is 0 Å². The smallest absolute Gasteiger partial charge is 0.350 e. The molecule has 5 rings (SSSR count). The number of hydrogen-bond acceptors (Lipinski definition) is 30. The molecule has 490 valence electrons. The van der Waals surface area contributed by atoms with Crippen molar-refractivity contribution in [3.63, 3.8) is 0 Å². The van der Waals surface area contributed by atoms with Gasteiger partial charge in [0.25, 0.3) is 0 Å². The number of hydrogen-bond donors (Lipinski definition) is 4. The Kier molecular flexibility index (Phi) is 55.3. The monoisotopic (exact) mass is 1250 g/mol. The minimum Gasteiger partial charge on any atom is -0.350 e. The third-order valence-corrected chi connectivity index (χ3v) is 12.7. The number of nitriles is 14. The molecule has 0 spiro atoms. The fraction of sp³-hybridized carbons (Fsp3) is 0.719. The quantitative estimate of drug-likeness (QED) is 0.116. The summed E-state index contributed by atoms with van der Waals surface area (Å²) in [4.78, 5) is 18.4. The lowest BCUT2D eigenvalue weighted by Gasteiger charge is -2.49. The second-order valence-corrected chi connectivity index (χ2v) is 18.6. The molecular weight excluding hydrogens is 1160 g/mol. The van der Waals surface area contributed by atoms with E-state index in [4.69, 9.17) is 73.1 Å². The molecule has 0 amide bonds. The van der Waals surface area contributed by atoms with Crippen LogP contribution in [-0.4, -0.2) is 215 Å². The van der Waals surface area contributed by atoms with Crippen molar-refractivity contribution in [3.8, 4) is 97.7 Å². The molecule has 33 heteroatoms. The van der Waals surface area contributed by atoms with Gasteiger partial charge in [-0.25, -0.2) is 9.80 Å². The van der Waals surface area contributed by atoms with E-state index in [2.05, 4.69) is 114 Å². The lowest BCUT2D eigenvalue weighted by molar-refractivity contribution is -0.233. The van der Waals surface area contributed by atoms with Gasteiger partial charge in [-0.1, -0.05) is 28.2 Å². The summed E-state index contributed by atoms with van der Waals surface area (Å²) in [7, 11) is 0. The highest BCUT2D eigenvalue weighted by Crippen LogP contribution is 2.30. The fourth-order valence-corrected chi connectivity index (χ4v) is 8.74. The second-order valence-electron chi connectivity index (χ2n) is 18.6. The van der Waals surface area contributed by atoms with E-state index < -0.39 is 18.5 Å². The van der Waals surface area contributed by atoms with Gasteiger partial charge in [0.15, 0.2) is 31.1 Å². The standard InChI is InChI=1S/C12H21N5.C10H14N6.C9H15N5O.C8H10F3N5.C8H13N5.C3H4.3C2H3N.CH4/c1-4-10-15-11(5-2)17(9-14)12(6-3)16(10)8-7-13;1-10-15(6-3-12)8-14(5-2-11)9-16(10)7-4-13;1-2-15-9-12-7-13(5-3-10)8-14(9)6-4-11;1-6-14-5-15(3-2-12)7(8(9,10)11)16(6)4-13;1-7-11-6-12(4-3-9)8(2)13(7)5-10;1-3-2;3*1-2-3;/h10-12,15H,4-6,8H2,1-3H3;10H,5-9H2,1H3;9,12H,2,5-8H2,1H3;6-7,14H,3,5H2,1H3;7-8,11H,4,6H2,1-2H3;1H,2H3;3*1H3;1H4. The Morgan fingerprint density at radius 3 is 1.23 bits per heavy atom. The summed E-state index contributed by atoms with van der Waals surface area (Å²) in [5.41, 5.74) is 0. The van der Waals surface area contributed by atoms with E-state index in [0.717, 1.165) is 24.2 Å². The number of nitrogens with zero attached hydrogens (tertiary/aromatic N) is 25. The van der Waals surface area contributed by atoms with Crippen LogP contribution in [0.4, 0.5) is 13.2 Å². The van der Waals surface area contributed by atoms with E-state index in [1.807, 2.05) is 57.1 Å². The summed E-state index contributed by atoms with van der Waals surface area (Å²) in [6.07, 6.45) is 6.06. The second kappa shape index (κ2) is 55.4. The van der Waals surface area contributed by atoms with Gasteiger partial charge < -0.3 is 4.74 Å². The predicted octanol–water partition coefficient (Wildman–Crippen LogP) is 3.72. The Labute approximate surface area is 533 Å². The van der Waals surface area contributed by atoms with Crippen molar-refractivity contribution in [1.29, 1.82) is 73.7 Å². The normalized spacial score (nSPS) is 22.5. The maximum absolute atomic E-state index is 12.8. The van der Waals surface area contributed by atoms with Crippen molar-refractivity contribution >= 4 is 0 Å². The molecule has 0 aliphatic carbocycles. The summed E-state index contributed by atoms with van der Waals surface area (Å²) < 4.78 is 43.7. The zero-order chi connectivity index (χ0) is 68.9. The molecule has 0 aromatic rings. The molecule has 5 saturated heterocycles. The number of rotatable bonds is 13. The van der Waals surface area contributed by atoms with Gasteiger partial charge in [0.2, 0.25) is 0 Å². The minimum atomic E-state index is -4.57. The van der Waals surface area contributed by atoms with E-state index in [9.17, 15) is 18.4 Å². The van der Waals surface area contributed by atoms with Gasteiger partial charge in [-0.2, -0.15) is 86.8 Å². The number of halogens is 3. The highest BCUT2D eigenvalue weighted by molar-refractivity contribution is 4.98. The Hall–Kier alpha value is -8.91. The molecule has 90 heavy (non-hydrogen) atoms. The maximum Gasteiger partial charge on any atom is 0.423 e. The Bertz CT molecular complexity index is 2560. The molecule has 0 aromatic heterocycles. The summed E-state index contributed by atoms with van der Waals surface area (Å²) in [6, 6.07) is 21.6. The third kappa shape index (κ3) is 34.0. The average Bonchev–Trinajstić information content (AvgIpc) is 0.978. The molecule has 30 nitrogen and oxygen atoms in total. The van der Waals surface area contributed by atoms with Crippen molar-refractivity contribution in [1.82, 2.24) is 75.2 Å². The third-order valence-electron chi connectivity index (χ3n) is 12.7. The molecule has 5 aliphatic heterocycles. The van der Waals surface area contributed by atoms with Crippen LogP contribution in [0.15, 0.2) is 0 Å². The van der Waals surface area contributed by atoms with Crippen molar-refractivity contribution in [2.75, 3.05) is 99.0 Å². The molecule has 0 aromatic carbocycles. The first-order chi connectivity index (χ1) is 42.5.